The molecule has 0 spiro atoms. The first-order chi connectivity index (χ1) is 8.38. The maximum Gasteiger partial charge on any atom is 0.387 e. The summed E-state index contributed by atoms with van der Waals surface area (Å²) in [5, 5.41) is 2.39. The second kappa shape index (κ2) is 6.25. The lowest BCUT2D eigenvalue weighted by Crippen LogP contribution is -2.24. The largest absolute Gasteiger partial charge is 0.432 e. The predicted molar refractivity (Wildman–Crippen MR) is 59.9 cm³/mol. The number of amides is 1. The molecular formula is C11H13F3N2O2. The Bertz CT molecular complexity index is 425. The van der Waals surface area contributed by atoms with E-state index in [1.54, 1.807) is 6.92 Å². The van der Waals surface area contributed by atoms with Crippen molar-refractivity contribution in [3.8, 4) is 5.75 Å². The molecule has 0 aliphatic rings. The first-order valence-corrected chi connectivity index (χ1v) is 5.18. The molecule has 18 heavy (non-hydrogen) atoms. The van der Waals surface area contributed by atoms with Gasteiger partial charge in [-0.15, -0.1) is 0 Å². The summed E-state index contributed by atoms with van der Waals surface area (Å²) < 4.78 is 41.0. The van der Waals surface area contributed by atoms with E-state index in [2.05, 4.69) is 10.1 Å². The number of anilines is 1. The molecule has 0 aliphatic heterocycles. The van der Waals surface area contributed by atoms with Gasteiger partial charge in [0.2, 0.25) is 5.91 Å². The number of carbonyl (C=O) groups excluding carboxylic acids is 1. The molecule has 0 saturated heterocycles. The number of nitrogens with two attached hydrogens (primary N) is 1. The van der Waals surface area contributed by atoms with Crippen LogP contribution in [0.2, 0.25) is 0 Å². The molecule has 3 N–H and O–H groups in total. The third kappa shape index (κ3) is 4.62. The molecule has 1 rings (SSSR count). The van der Waals surface area contributed by atoms with Crippen molar-refractivity contribution in [1.82, 2.24) is 0 Å². The predicted octanol–water partition coefficient (Wildman–Crippen LogP) is 2.10. The summed E-state index contributed by atoms with van der Waals surface area (Å²) in [6, 6.07) is 2.86. The summed E-state index contributed by atoms with van der Waals surface area (Å²) >= 11 is 0. The monoisotopic (exact) mass is 262 g/mol. The highest BCUT2D eigenvalue weighted by Gasteiger charge is 2.11. The van der Waals surface area contributed by atoms with Crippen molar-refractivity contribution in [2.24, 2.45) is 5.73 Å². The van der Waals surface area contributed by atoms with Crippen molar-refractivity contribution in [2.75, 3.05) is 5.32 Å². The normalized spacial score (nSPS) is 12.3. The molecule has 0 fully saturated rings. The highest BCUT2D eigenvalue weighted by atomic mass is 19.3. The molecule has 0 heterocycles. The van der Waals surface area contributed by atoms with E-state index in [9.17, 15) is 18.0 Å². The topological polar surface area (TPSA) is 64.4 Å². The number of halogens is 3. The Hall–Kier alpha value is -1.76. The van der Waals surface area contributed by atoms with E-state index < -0.39 is 18.2 Å². The van der Waals surface area contributed by atoms with Crippen molar-refractivity contribution >= 4 is 11.6 Å². The van der Waals surface area contributed by atoms with Crippen LogP contribution in [0.4, 0.5) is 18.9 Å². The molecule has 1 unspecified atom stereocenters. The van der Waals surface area contributed by atoms with Crippen LogP contribution in [0.1, 0.15) is 13.3 Å². The van der Waals surface area contributed by atoms with E-state index in [1.165, 1.54) is 6.07 Å². The number of hydrogen-bond donors (Lipinski definition) is 2. The molecule has 4 nitrogen and oxygen atoms in total. The van der Waals surface area contributed by atoms with Crippen molar-refractivity contribution < 1.29 is 22.7 Å². The lowest BCUT2D eigenvalue weighted by atomic mass is 10.2. The number of ether oxygens (including phenoxy) is 1. The second-order valence-corrected chi connectivity index (χ2v) is 3.75. The van der Waals surface area contributed by atoms with E-state index in [0.717, 1.165) is 12.1 Å². The van der Waals surface area contributed by atoms with Crippen molar-refractivity contribution in [2.45, 2.75) is 26.0 Å². The SMILES string of the molecule is CC(N)CC(=O)Nc1ccc(OC(F)F)c(F)c1. The summed E-state index contributed by atoms with van der Waals surface area (Å²) in [6.45, 7) is -1.45. The fourth-order valence-corrected chi connectivity index (χ4v) is 1.27. The Balaban J connectivity index is 2.69. The van der Waals surface area contributed by atoms with Gasteiger partial charge in [0, 0.05) is 24.2 Å². The molecule has 1 aromatic carbocycles. The minimum Gasteiger partial charge on any atom is -0.432 e. The number of nitrogens with one attached hydrogen (secondary N) is 1. The lowest BCUT2D eigenvalue weighted by molar-refractivity contribution is -0.116. The van der Waals surface area contributed by atoms with E-state index in [-0.39, 0.29) is 24.1 Å². The van der Waals surface area contributed by atoms with E-state index >= 15 is 0 Å². The third-order valence-electron chi connectivity index (χ3n) is 1.94. The molecule has 100 valence electrons. The zero-order chi connectivity index (χ0) is 13.7. The quantitative estimate of drug-likeness (QED) is 0.854. The molecule has 0 saturated carbocycles. The fourth-order valence-electron chi connectivity index (χ4n) is 1.27. The van der Waals surface area contributed by atoms with Gasteiger partial charge >= 0.3 is 6.61 Å². The lowest BCUT2D eigenvalue weighted by Gasteiger charge is -2.09. The summed E-state index contributed by atoms with van der Waals surface area (Å²) in [6.07, 6.45) is 0.0803. The molecule has 0 aliphatic carbocycles. The fraction of sp³-hybridized carbons (Fsp3) is 0.364. The Labute approximate surface area is 102 Å². The van der Waals surface area contributed by atoms with Crippen molar-refractivity contribution in [3.05, 3.63) is 24.0 Å². The van der Waals surface area contributed by atoms with Gasteiger partial charge in [0.05, 0.1) is 0 Å². The van der Waals surface area contributed by atoms with E-state index in [1.807, 2.05) is 0 Å². The summed E-state index contributed by atoms with van der Waals surface area (Å²) in [5.74, 6) is -1.93. The summed E-state index contributed by atoms with van der Waals surface area (Å²) in [7, 11) is 0. The number of hydrogen-bond acceptors (Lipinski definition) is 3. The maximum absolute atomic E-state index is 13.3. The molecule has 0 radical (unpaired) electrons. The van der Waals surface area contributed by atoms with Gasteiger partial charge in [-0.1, -0.05) is 0 Å². The average Bonchev–Trinajstić information content (AvgIpc) is 2.20. The zero-order valence-corrected chi connectivity index (χ0v) is 9.62. The standard InChI is InChI=1S/C11H13F3N2O2/c1-6(15)4-10(17)16-7-2-3-9(8(12)5-7)18-11(13)14/h2-3,5-6,11H,4,15H2,1H3,(H,16,17). The van der Waals surface area contributed by atoms with Gasteiger partial charge in [-0.2, -0.15) is 8.78 Å². The Kier molecular flexibility index (Phi) is 4.96. The first kappa shape index (κ1) is 14.3. The minimum absolute atomic E-state index is 0.0803. The van der Waals surface area contributed by atoms with Gasteiger partial charge in [0.25, 0.3) is 0 Å². The first-order valence-electron chi connectivity index (χ1n) is 5.18. The van der Waals surface area contributed by atoms with Gasteiger partial charge in [0.15, 0.2) is 11.6 Å². The highest BCUT2D eigenvalue weighted by molar-refractivity contribution is 5.91. The van der Waals surface area contributed by atoms with Gasteiger partial charge < -0.3 is 15.8 Å². The average molecular weight is 262 g/mol. The van der Waals surface area contributed by atoms with Crippen LogP contribution in [-0.2, 0) is 4.79 Å². The third-order valence-corrected chi connectivity index (χ3v) is 1.94. The molecule has 1 aromatic rings. The summed E-state index contributed by atoms with van der Waals surface area (Å²) in [5.41, 5.74) is 5.57. The van der Waals surface area contributed by atoms with Crippen LogP contribution in [-0.4, -0.2) is 18.6 Å². The Morgan fingerprint density at radius 3 is 2.67 bits per heavy atom. The molecule has 1 amide bonds. The van der Waals surface area contributed by atoms with Crippen molar-refractivity contribution in [3.63, 3.8) is 0 Å². The summed E-state index contributed by atoms with van der Waals surface area (Å²) in [4.78, 5) is 11.3. The molecule has 1 atom stereocenters. The minimum atomic E-state index is -3.10. The Morgan fingerprint density at radius 2 is 2.17 bits per heavy atom. The van der Waals surface area contributed by atoms with E-state index in [0.29, 0.717) is 0 Å². The van der Waals surface area contributed by atoms with E-state index in [4.69, 9.17) is 5.73 Å². The molecule has 0 aromatic heterocycles. The van der Waals surface area contributed by atoms with Crippen LogP contribution >= 0.6 is 0 Å². The van der Waals surface area contributed by atoms with Gasteiger partial charge in [-0.05, 0) is 19.1 Å². The van der Waals surface area contributed by atoms with Gasteiger partial charge in [0.1, 0.15) is 0 Å². The van der Waals surface area contributed by atoms with Crippen molar-refractivity contribution in [1.29, 1.82) is 0 Å². The Morgan fingerprint density at radius 1 is 1.50 bits per heavy atom. The molecule has 7 heteroatoms. The maximum atomic E-state index is 13.3. The smallest absolute Gasteiger partial charge is 0.387 e. The molecule has 0 bridgehead atoms. The van der Waals surface area contributed by atoms with Gasteiger partial charge in [-0.25, -0.2) is 4.39 Å². The number of rotatable bonds is 5. The van der Waals surface area contributed by atoms with Crippen LogP contribution in [0.25, 0.3) is 0 Å². The van der Waals surface area contributed by atoms with Crippen LogP contribution in [0, 0.1) is 5.82 Å². The number of carbonyl (C=O) groups is 1. The number of alkyl halides is 2. The van der Waals surface area contributed by atoms with Crippen LogP contribution in [0.5, 0.6) is 5.75 Å². The van der Waals surface area contributed by atoms with Crippen LogP contribution in [0.3, 0.4) is 0 Å². The number of benzene rings is 1. The van der Waals surface area contributed by atoms with Crippen LogP contribution < -0.4 is 15.8 Å². The second-order valence-electron chi connectivity index (χ2n) is 3.75. The molecular weight excluding hydrogens is 249 g/mol. The van der Waals surface area contributed by atoms with Gasteiger partial charge in [-0.3, -0.25) is 4.79 Å². The highest BCUT2D eigenvalue weighted by Crippen LogP contribution is 2.22. The zero-order valence-electron chi connectivity index (χ0n) is 9.62. The van der Waals surface area contributed by atoms with Crippen LogP contribution in [0.15, 0.2) is 18.2 Å².